The first-order valence-corrected chi connectivity index (χ1v) is 20.4. The average molecular weight is 827 g/mol. The minimum absolute atomic E-state index is 0.111. The van der Waals surface area contributed by atoms with Gasteiger partial charge in [-0.25, -0.2) is 19.2 Å². The maximum atomic E-state index is 10.8. The fourth-order valence-electron chi connectivity index (χ4n) is 5.30. The number of carboxylic acid groups (broad SMARTS) is 4. The summed E-state index contributed by atoms with van der Waals surface area (Å²) in [7, 11) is 0. The number of hydrogen-bond acceptors (Lipinski definition) is 8. The largest absolute Gasteiger partial charge is 0.478 e. The lowest BCUT2D eigenvalue weighted by Crippen LogP contribution is -2.22. The molecule has 0 aliphatic rings. The predicted octanol–water partition coefficient (Wildman–Crippen LogP) is 7.23. The summed E-state index contributed by atoms with van der Waals surface area (Å²) in [4.78, 5) is 85.7. The van der Waals surface area contributed by atoms with Crippen LogP contribution in [-0.4, -0.2) is 67.9 Å². The Labute approximate surface area is 344 Å². The summed E-state index contributed by atoms with van der Waals surface area (Å²) in [5.74, 6) is -6.77. The fourth-order valence-corrected chi connectivity index (χ4v) is 5.30. The van der Waals surface area contributed by atoms with E-state index in [2.05, 4.69) is 27.7 Å². The molecule has 4 unspecified atom stereocenters. The molecule has 0 spiro atoms. The Hall–Kier alpha value is -5.02. The van der Waals surface area contributed by atoms with Crippen molar-refractivity contribution in [3.63, 3.8) is 0 Å². The number of carboxylic acids is 4. The lowest BCUT2D eigenvalue weighted by Gasteiger charge is -2.08. The van der Waals surface area contributed by atoms with E-state index in [0.29, 0.717) is 12.1 Å². The Kier molecular flexibility index (Phi) is 37.4. The summed E-state index contributed by atoms with van der Waals surface area (Å²) in [5.41, 5.74) is 17.4. The first-order valence-electron chi connectivity index (χ1n) is 20.4. The molecule has 16 heteroatoms. The van der Waals surface area contributed by atoms with Gasteiger partial charge < -0.3 is 43.4 Å². The van der Waals surface area contributed by atoms with Crippen molar-refractivity contribution in [2.75, 3.05) is 0 Å². The van der Waals surface area contributed by atoms with E-state index in [1.165, 1.54) is 0 Å². The number of hydrogen-bond donors (Lipinski definition) is 8. The van der Waals surface area contributed by atoms with Gasteiger partial charge in [-0.05, 0) is 63.5 Å². The highest BCUT2D eigenvalue weighted by Crippen LogP contribution is 2.19. The number of amides is 4. The van der Waals surface area contributed by atoms with Gasteiger partial charge in [0.1, 0.15) is 0 Å². The minimum atomic E-state index is -1.66. The van der Waals surface area contributed by atoms with E-state index in [1.807, 2.05) is 27.7 Å². The summed E-state index contributed by atoms with van der Waals surface area (Å²) >= 11 is 0. The molecule has 334 valence electrons. The quantitative estimate of drug-likeness (QED) is 0.0512. The number of carbonyl (C=O) groups excluding carboxylic acids is 4. The predicted molar refractivity (Wildman–Crippen MR) is 224 cm³/mol. The molecule has 0 fully saturated rings. The van der Waals surface area contributed by atoms with Crippen LogP contribution in [0.25, 0.3) is 0 Å². The molecule has 12 N–H and O–H groups in total. The van der Waals surface area contributed by atoms with E-state index in [-0.39, 0.29) is 47.3 Å². The van der Waals surface area contributed by atoms with E-state index < -0.39 is 46.1 Å². The molecule has 16 nitrogen and oxygen atoms in total. The molecule has 0 aliphatic carbocycles. The van der Waals surface area contributed by atoms with Gasteiger partial charge in [-0.1, -0.05) is 107 Å². The van der Waals surface area contributed by atoms with Gasteiger partial charge in [0.15, 0.2) is 0 Å². The van der Waals surface area contributed by atoms with Crippen LogP contribution in [0.15, 0.2) is 12.1 Å². The Morgan fingerprint density at radius 2 is 0.534 bits per heavy atom. The summed E-state index contributed by atoms with van der Waals surface area (Å²) in [6.07, 6.45) is 16.4. The van der Waals surface area contributed by atoms with Crippen LogP contribution in [0.3, 0.4) is 0 Å². The van der Waals surface area contributed by atoms with Crippen LogP contribution in [0.5, 0.6) is 0 Å². The van der Waals surface area contributed by atoms with Crippen molar-refractivity contribution < 1.29 is 58.8 Å². The van der Waals surface area contributed by atoms with E-state index in [0.717, 1.165) is 103 Å². The van der Waals surface area contributed by atoms with Gasteiger partial charge in [-0.2, -0.15) is 0 Å². The lowest BCUT2D eigenvalue weighted by atomic mass is 9.98. The molecule has 4 amide bonds. The van der Waals surface area contributed by atoms with Crippen LogP contribution in [-0.2, 0) is 19.2 Å². The first kappa shape index (κ1) is 59.7. The minimum Gasteiger partial charge on any atom is -0.478 e. The molecule has 0 aliphatic heterocycles. The third-order valence-corrected chi connectivity index (χ3v) is 9.28. The number of primary amides is 4. The second kappa shape index (κ2) is 36.3. The van der Waals surface area contributed by atoms with Gasteiger partial charge in [-0.3, -0.25) is 19.2 Å². The molecular formula is C42H74N4O12. The van der Waals surface area contributed by atoms with Crippen LogP contribution in [0.2, 0.25) is 0 Å². The standard InChI is InChI=1S/C10H6O8.4C8H17NO/c11-7(12)3-1-4(8(13)14)6(10(17)18)2-5(3)9(15)16;4*1-3-5-6-7(4-2)8(9)10/h1-2H,(H,11,12)(H,13,14)(H,15,16)(H,17,18);4*7H,3-6H2,1-2H3,(H2,9,10). The Bertz CT molecular complexity index is 1200. The molecule has 0 saturated carbocycles. The molecule has 1 aromatic carbocycles. The van der Waals surface area contributed by atoms with Gasteiger partial charge >= 0.3 is 23.9 Å². The molecule has 1 rings (SSSR count). The number of unbranched alkanes of at least 4 members (excludes halogenated alkanes) is 4. The molecular weight excluding hydrogens is 752 g/mol. The third kappa shape index (κ3) is 28.4. The summed E-state index contributed by atoms with van der Waals surface area (Å²) < 4.78 is 0. The average Bonchev–Trinajstić information content (AvgIpc) is 3.16. The number of benzene rings is 1. The van der Waals surface area contributed by atoms with Crippen molar-refractivity contribution in [2.24, 2.45) is 46.6 Å². The number of aromatic carboxylic acids is 4. The summed E-state index contributed by atoms with van der Waals surface area (Å²) in [6, 6.07) is 1.02. The smallest absolute Gasteiger partial charge is 0.336 e. The van der Waals surface area contributed by atoms with Gasteiger partial charge in [-0.15, -0.1) is 0 Å². The SMILES string of the molecule is CCCCC(CC)C(N)=O.CCCCC(CC)C(N)=O.CCCCC(CC)C(N)=O.CCCCC(CC)C(N)=O.O=C(O)c1cc(C(=O)O)c(C(=O)O)cc1C(=O)O. The van der Waals surface area contributed by atoms with Crippen molar-refractivity contribution in [2.45, 2.75) is 158 Å². The van der Waals surface area contributed by atoms with Crippen molar-refractivity contribution in [1.29, 1.82) is 0 Å². The van der Waals surface area contributed by atoms with Crippen LogP contribution in [0, 0.1) is 23.7 Å². The second-order valence-electron chi connectivity index (χ2n) is 13.8. The van der Waals surface area contributed by atoms with E-state index in [9.17, 15) is 38.4 Å². The highest BCUT2D eigenvalue weighted by Gasteiger charge is 2.25. The molecule has 0 aromatic heterocycles. The van der Waals surface area contributed by atoms with Crippen LogP contribution >= 0.6 is 0 Å². The second-order valence-corrected chi connectivity index (χ2v) is 13.8. The zero-order valence-electron chi connectivity index (χ0n) is 36.1. The number of nitrogens with two attached hydrogens (primary N) is 4. The molecule has 58 heavy (non-hydrogen) atoms. The van der Waals surface area contributed by atoms with E-state index in [1.54, 1.807) is 0 Å². The number of rotatable bonds is 24. The van der Waals surface area contributed by atoms with Gasteiger partial charge in [0.2, 0.25) is 23.6 Å². The van der Waals surface area contributed by atoms with Crippen LogP contribution < -0.4 is 22.9 Å². The topological polar surface area (TPSA) is 322 Å². The van der Waals surface area contributed by atoms with Crippen molar-refractivity contribution >= 4 is 47.5 Å². The Balaban J connectivity index is -0.000000324. The first-order chi connectivity index (χ1) is 27.1. The maximum absolute atomic E-state index is 10.8. The third-order valence-electron chi connectivity index (χ3n) is 9.28. The highest BCUT2D eigenvalue weighted by atomic mass is 16.4. The van der Waals surface area contributed by atoms with Gasteiger partial charge in [0.05, 0.1) is 22.3 Å². The van der Waals surface area contributed by atoms with E-state index >= 15 is 0 Å². The van der Waals surface area contributed by atoms with Crippen LogP contribution in [0.4, 0.5) is 0 Å². The highest BCUT2D eigenvalue weighted by molar-refractivity contribution is 6.09. The van der Waals surface area contributed by atoms with Crippen molar-refractivity contribution in [3.8, 4) is 0 Å². The molecule has 0 heterocycles. The lowest BCUT2D eigenvalue weighted by molar-refractivity contribution is -0.122. The van der Waals surface area contributed by atoms with E-state index in [4.69, 9.17) is 43.4 Å². The Morgan fingerprint density at radius 1 is 0.379 bits per heavy atom. The summed E-state index contributed by atoms with van der Waals surface area (Å²) in [6.45, 7) is 16.5. The number of carbonyl (C=O) groups is 8. The molecule has 0 bridgehead atoms. The normalized spacial score (nSPS) is 12.0. The Morgan fingerprint density at radius 3 is 0.621 bits per heavy atom. The van der Waals surface area contributed by atoms with Crippen molar-refractivity contribution in [1.82, 2.24) is 0 Å². The monoisotopic (exact) mass is 827 g/mol. The molecule has 0 radical (unpaired) electrons. The molecule has 4 atom stereocenters. The van der Waals surface area contributed by atoms with Gasteiger partial charge in [0.25, 0.3) is 0 Å². The fraction of sp³-hybridized carbons (Fsp3) is 0.667. The van der Waals surface area contributed by atoms with Crippen molar-refractivity contribution in [3.05, 3.63) is 34.4 Å². The zero-order valence-corrected chi connectivity index (χ0v) is 36.1. The molecule has 1 aromatic rings. The van der Waals surface area contributed by atoms with Crippen LogP contribution in [0.1, 0.15) is 200 Å². The molecule has 0 saturated heterocycles. The summed E-state index contributed by atoms with van der Waals surface area (Å²) in [5, 5.41) is 35.0. The van der Waals surface area contributed by atoms with Gasteiger partial charge in [0, 0.05) is 23.7 Å². The maximum Gasteiger partial charge on any atom is 0.336 e. The zero-order chi connectivity index (χ0) is 46.0.